The Kier molecular flexibility index (Phi) is 2.18. The maximum absolute atomic E-state index is 5.26. The highest BCUT2D eigenvalue weighted by atomic mass is 16.5. The van der Waals surface area contributed by atoms with Gasteiger partial charge in [-0.2, -0.15) is 0 Å². The van der Waals surface area contributed by atoms with Gasteiger partial charge in [0.05, 0.1) is 12.7 Å². The Balaban J connectivity index is 3.27. The SMILES string of the molecule is C#Cc1c([CH2])cccc1OC. The molecule has 55 valence electrons. The molecule has 1 aromatic carbocycles. The van der Waals surface area contributed by atoms with E-state index in [1.165, 1.54) is 0 Å². The molecule has 0 saturated heterocycles. The van der Waals surface area contributed by atoms with Crippen LogP contribution in [0.3, 0.4) is 0 Å². The van der Waals surface area contributed by atoms with Crippen LogP contribution < -0.4 is 4.74 Å². The van der Waals surface area contributed by atoms with Gasteiger partial charge < -0.3 is 4.74 Å². The van der Waals surface area contributed by atoms with Gasteiger partial charge >= 0.3 is 0 Å². The van der Waals surface area contributed by atoms with Gasteiger partial charge in [0, 0.05) is 0 Å². The molecule has 1 rings (SSSR count). The van der Waals surface area contributed by atoms with Gasteiger partial charge in [-0.3, -0.25) is 0 Å². The molecule has 1 aromatic rings. The summed E-state index contributed by atoms with van der Waals surface area (Å²) >= 11 is 0. The minimum atomic E-state index is 0.708. The Hall–Kier alpha value is -1.42. The number of benzene rings is 1. The van der Waals surface area contributed by atoms with Crippen molar-refractivity contribution in [2.75, 3.05) is 7.11 Å². The van der Waals surface area contributed by atoms with Crippen molar-refractivity contribution in [3.05, 3.63) is 36.2 Å². The van der Waals surface area contributed by atoms with Crippen LogP contribution in [0.15, 0.2) is 18.2 Å². The summed E-state index contributed by atoms with van der Waals surface area (Å²) in [5.74, 6) is 3.24. The second-order valence-electron chi connectivity index (χ2n) is 2.14. The van der Waals surface area contributed by atoms with Gasteiger partial charge in [0.25, 0.3) is 0 Å². The van der Waals surface area contributed by atoms with Gasteiger partial charge in [0.2, 0.25) is 0 Å². The number of methoxy groups -OCH3 is 1. The van der Waals surface area contributed by atoms with Gasteiger partial charge in [-0.15, -0.1) is 6.42 Å². The summed E-state index contributed by atoms with van der Waals surface area (Å²) in [6.45, 7) is 3.78. The molecule has 0 saturated carbocycles. The summed E-state index contributed by atoms with van der Waals surface area (Å²) < 4.78 is 5.03. The van der Waals surface area contributed by atoms with E-state index in [4.69, 9.17) is 11.2 Å². The molecule has 0 atom stereocenters. The zero-order valence-corrected chi connectivity index (χ0v) is 6.42. The molecule has 11 heavy (non-hydrogen) atoms. The van der Waals surface area contributed by atoms with E-state index in [0.29, 0.717) is 5.75 Å². The van der Waals surface area contributed by atoms with Crippen LogP contribution in [0.4, 0.5) is 0 Å². The lowest BCUT2D eigenvalue weighted by Gasteiger charge is -2.04. The number of terminal acetylenes is 1. The maximum atomic E-state index is 5.26. The van der Waals surface area contributed by atoms with Crippen LogP contribution >= 0.6 is 0 Å². The molecule has 0 bridgehead atoms. The average molecular weight is 145 g/mol. The molecule has 0 unspecified atom stereocenters. The molecule has 0 fully saturated rings. The first-order valence-corrected chi connectivity index (χ1v) is 3.25. The summed E-state index contributed by atoms with van der Waals surface area (Å²) in [6, 6.07) is 5.55. The van der Waals surface area contributed by atoms with Gasteiger partial charge in [0.1, 0.15) is 5.75 Å². The number of hydrogen-bond donors (Lipinski definition) is 0. The number of rotatable bonds is 1. The Labute approximate surface area is 67.0 Å². The fourth-order valence-electron chi connectivity index (χ4n) is 0.911. The fourth-order valence-corrected chi connectivity index (χ4v) is 0.911. The lowest BCUT2D eigenvalue weighted by molar-refractivity contribution is 0.413. The predicted molar refractivity (Wildman–Crippen MR) is 45.4 cm³/mol. The molecule has 1 radical (unpaired) electrons. The highest BCUT2D eigenvalue weighted by molar-refractivity contribution is 5.51. The van der Waals surface area contributed by atoms with E-state index in [0.717, 1.165) is 11.1 Å². The third-order valence-electron chi connectivity index (χ3n) is 1.48. The van der Waals surface area contributed by atoms with Gasteiger partial charge in [-0.1, -0.05) is 18.1 Å². The Bertz CT molecular complexity index is 294. The van der Waals surface area contributed by atoms with Crippen molar-refractivity contribution in [1.82, 2.24) is 0 Å². The highest BCUT2D eigenvalue weighted by Gasteiger charge is 2.00. The first-order chi connectivity index (χ1) is 5.29. The monoisotopic (exact) mass is 145 g/mol. The molecule has 1 heteroatoms. The Morgan fingerprint density at radius 1 is 1.55 bits per heavy atom. The topological polar surface area (TPSA) is 9.23 Å². The van der Waals surface area contributed by atoms with Crippen molar-refractivity contribution in [2.24, 2.45) is 0 Å². The van der Waals surface area contributed by atoms with Crippen LogP contribution in [0.2, 0.25) is 0 Å². The Morgan fingerprint density at radius 3 is 2.73 bits per heavy atom. The first kappa shape index (κ1) is 7.68. The van der Waals surface area contributed by atoms with E-state index in [1.54, 1.807) is 7.11 Å². The van der Waals surface area contributed by atoms with E-state index in [1.807, 2.05) is 18.2 Å². The molecular formula is C10H9O. The molecule has 0 N–H and O–H groups in total. The van der Waals surface area contributed by atoms with Crippen molar-refractivity contribution in [1.29, 1.82) is 0 Å². The Morgan fingerprint density at radius 2 is 2.27 bits per heavy atom. The van der Waals surface area contributed by atoms with Crippen molar-refractivity contribution in [3.8, 4) is 18.1 Å². The van der Waals surface area contributed by atoms with Crippen molar-refractivity contribution in [3.63, 3.8) is 0 Å². The van der Waals surface area contributed by atoms with E-state index in [2.05, 4.69) is 12.8 Å². The molecule has 0 amide bonds. The minimum Gasteiger partial charge on any atom is -0.495 e. The van der Waals surface area contributed by atoms with Crippen LogP contribution in [-0.4, -0.2) is 7.11 Å². The van der Waals surface area contributed by atoms with Gasteiger partial charge in [-0.25, -0.2) is 0 Å². The normalized spacial score (nSPS) is 8.82. The fraction of sp³-hybridized carbons (Fsp3) is 0.100. The third kappa shape index (κ3) is 1.35. The number of ether oxygens (including phenoxy) is 1. The summed E-state index contributed by atoms with van der Waals surface area (Å²) in [5.41, 5.74) is 1.56. The molecule has 0 aliphatic heterocycles. The maximum Gasteiger partial charge on any atom is 0.134 e. The molecule has 1 nitrogen and oxygen atoms in total. The summed E-state index contributed by atoms with van der Waals surface area (Å²) in [6.07, 6.45) is 5.26. The van der Waals surface area contributed by atoms with Crippen molar-refractivity contribution >= 4 is 0 Å². The van der Waals surface area contributed by atoms with Crippen molar-refractivity contribution in [2.45, 2.75) is 0 Å². The first-order valence-electron chi connectivity index (χ1n) is 3.25. The van der Waals surface area contributed by atoms with Crippen LogP contribution in [-0.2, 0) is 0 Å². The molecule has 0 aliphatic carbocycles. The zero-order valence-electron chi connectivity index (χ0n) is 6.42. The zero-order chi connectivity index (χ0) is 8.27. The third-order valence-corrected chi connectivity index (χ3v) is 1.48. The van der Waals surface area contributed by atoms with Gasteiger partial charge in [0.15, 0.2) is 0 Å². The number of hydrogen-bond acceptors (Lipinski definition) is 1. The summed E-state index contributed by atoms with van der Waals surface area (Å²) in [7, 11) is 1.59. The highest BCUT2D eigenvalue weighted by Crippen LogP contribution is 2.19. The predicted octanol–water partition coefficient (Wildman–Crippen LogP) is 1.86. The largest absolute Gasteiger partial charge is 0.495 e. The molecular weight excluding hydrogens is 136 g/mol. The van der Waals surface area contributed by atoms with E-state index >= 15 is 0 Å². The van der Waals surface area contributed by atoms with E-state index in [9.17, 15) is 0 Å². The van der Waals surface area contributed by atoms with Crippen LogP contribution in [0.1, 0.15) is 11.1 Å². The quantitative estimate of drug-likeness (QED) is 0.548. The molecule has 0 aliphatic rings. The smallest absolute Gasteiger partial charge is 0.134 e. The summed E-state index contributed by atoms with van der Waals surface area (Å²) in [5, 5.41) is 0. The standard InChI is InChI=1S/C10H9O/c1-4-9-8(2)6-5-7-10(9)11-3/h1,5-7H,2H2,3H3. The minimum absolute atomic E-state index is 0.708. The molecule has 0 aromatic heterocycles. The average Bonchev–Trinajstić information content (AvgIpc) is 2.04. The second-order valence-corrected chi connectivity index (χ2v) is 2.14. The second kappa shape index (κ2) is 3.12. The lowest BCUT2D eigenvalue weighted by Crippen LogP contribution is -1.89. The summed E-state index contributed by atoms with van der Waals surface area (Å²) in [4.78, 5) is 0. The van der Waals surface area contributed by atoms with Crippen LogP contribution in [0.25, 0.3) is 0 Å². The van der Waals surface area contributed by atoms with Crippen LogP contribution in [0, 0.1) is 19.3 Å². The van der Waals surface area contributed by atoms with Crippen molar-refractivity contribution < 1.29 is 4.74 Å². The van der Waals surface area contributed by atoms with Crippen LogP contribution in [0.5, 0.6) is 5.75 Å². The van der Waals surface area contributed by atoms with Gasteiger partial charge in [-0.05, 0) is 18.6 Å². The lowest BCUT2D eigenvalue weighted by atomic mass is 10.1. The van der Waals surface area contributed by atoms with E-state index in [-0.39, 0.29) is 0 Å². The molecule has 0 spiro atoms. The molecule has 0 heterocycles. The van der Waals surface area contributed by atoms with E-state index < -0.39 is 0 Å².